The summed E-state index contributed by atoms with van der Waals surface area (Å²) < 4.78 is 21.9. The summed E-state index contributed by atoms with van der Waals surface area (Å²) in [6, 6.07) is 9.80. The SMILES string of the molecule is COCCOCCOCCNC(=O)C[C@@]1(C(=O)O)CC[C@@]2(C)[C@H](CC[C@]3(C)[C@@H]2C(=O)C=C2[C@@H]4C[C@@](C)(C(=O)OCc5ccccc5)CC[C@]4(C)CC[C@]23C)C1(C)C. The van der Waals surface area contributed by atoms with Gasteiger partial charge in [0.2, 0.25) is 5.91 Å². The van der Waals surface area contributed by atoms with Crippen LogP contribution in [0.1, 0.15) is 118 Å². The van der Waals surface area contributed by atoms with Crippen LogP contribution in [0.25, 0.3) is 0 Å². The fourth-order valence-electron chi connectivity index (χ4n) is 13.1. The number of ketones is 1. The van der Waals surface area contributed by atoms with Crippen LogP contribution < -0.4 is 5.32 Å². The number of nitrogens with one attached hydrogen (secondary N) is 1. The highest BCUT2D eigenvalue weighted by atomic mass is 16.5. The van der Waals surface area contributed by atoms with E-state index in [9.17, 15) is 24.3 Å². The van der Waals surface area contributed by atoms with Crippen molar-refractivity contribution in [2.24, 2.45) is 55.7 Å². The minimum Gasteiger partial charge on any atom is -0.481 e. The first kappa shape index (κ1) is 43.5. The molecule has 1 amide bonds. The zero-order valence-electron chi connectivity index (χ0n) is 35.9. The molecule has 0 radical (unpaired) electrons. The summed E-state index contributed by atoms with van der Waals surface area (Å²) >= 11 is 0. The number of rotatable bonds is 15. The highest BCUT2D eigenvalue weighted by Gasteiger charge is 2.73. The Bertz CT molecular complexity index is 1710. The van der Waals surface area contributed by atoms with Crippen molar-refractivity contribution in [3.63, 3.8) is 0 Å². The Morgan fingerprint density at radius 3 is 2.18 bits per heavy atom. The lowest BCUT2D eigenvalue weighted by Crippen LogP contribution is -2.68. The Hall–Kier alpha value is -3.08. The first-order valence-electron chi connectivity index (χ1n) is 21.5. The van der Waals surface area contributed by atoms with E-state index in [1.807, 2.05) is 50.3 Å². The van der Waals surface area contributed by atoms with Gasteiger partial charge in [-0.25, -0.2) is 0 Å². The van der Waals surface area contributed by atoms with Crippen LogP contribution in [-0.4, -0.2) is 75.4 Å². The number of fused-ring (bicyclic) bond motifs is 7. The Morgan fingerprint density at radius 2 is 1.49 bits per heavy atom. The van der Waals surface area contributed by atoms with Crippen molar-refractivity contribution in [3.8, 4) is 0 Å². The van der Waals surface area contributed by atoms with Crippen molar-refractivity contribution in [2.75, 3.05) is 46.7 Å². The summed E-state index contributed by atoms with van der Waals surface area (Å²) in [5, 5.41) is 13.9. The van der Waals surface area contributed by atoms with Gasteiger partial charge in [-0.15, -0.1) is 0 Å². The van der Waals surface area contributed by atoms with Gasteiger partial charge < -0.3 is 29.4 Å². The number of hydrogen-bond donors (Lipinski definition) is 2. The van der Waals surface area contributed by atoms with Crippen LogP contribution in [-0.2, 0) is 44.7 Å². The fraction of sp³-hybridized carbons (Fsp3) is 0.745. The molecule has 1 aromatic carbocycles. The van der Waals surface area contributed by atoms with E-state index in [1.165, 1.54) is 5.57 Å². The number of esters is 1. The van der Waals surface area contributed by atoms with Gasteiger partial charge >= 0.3 is 11.9 Å². The number of methoxy groups -OCH3 is 1. The summed E-state index contributed by atoms with van der Waals surface area (Å²) in [6.07, 6.45) is 8.70. The molecule has 0 aromatic heterocycles. The molecule has 0 aliphatic heterocycles. The molecule has 0 spiro atoms. The number of amides is 1. The molecular weight excluding hydrogens is 723 g/mol. The van der Waals surface area contributed by atoms with E-state index in [1.54, 1.807) is 7.11 Å². The van der Waals surface area contributed by atoms with Gasteiger partial charge in [-0.3, -0.25) is 19.2 Å². The van der Waals surface area contributed by atoms with Crippen LogP contribution in [0.15, 0.2) is 42.0 Å². The molecule has 4 fully saturated rings. The number of aliphatic carboxylic acids is 1. The first-order valence-corrected chi connectivity index (χ1v) is 21.5. The number of ether oxygens (including phenoxy) is 4. The van der Waals surface area contributed by atoms with Crippen molar-refractivity contribution in [2.45, 2.75) is 119 Å². The summed E-state index contributed by atoms with van der Waals surface area (Å²) in [6.45, 7) is 18.1. The second-order valence-electron chi connectivity index (χ2n) is 20.2. The maximum Gasteiger partial charge on any atom is 0.312 e. The van der Waals surface area contributed by atoms with Gasteiger partial charge in [-0.1, -0.05) is 77.4 Å². The van der Waals surface area contributed by atoms with Gasteiger partial charge in [0.15, 0.2) is 5.78 Å². The predicted molar refractivity (Wildman–Crippen MR) is 217 cm³/mol. The van der Waals surface area contributed by atoms with Crippen LogP contribution in [0, 0.1) is 55.7 Å². The second kappa shape index (κ2) is 16.2. The number of hydrogen-bond acceptors (Lipinski definition) is 8. The van der Waals surface area contributed by atoms with Crippen molar-refractivity contribution < 1.29 is 43.2 Å². The third-order valence-electron chi connectivity index (χ3n) is 17.0. The number of carbonyl (C=O) groups is 4. The topological polar surface area (TPSA) is 137 Å². The Balaban J connectivity index is 1.20. The number of carbonyl (C=O) groups excluding carboxylic acids is 3. The molecule has 6 rings (SSSR count). The van der Waals surface area contributed by atoms with Gasteiger partial charge in [0.05, 0.1) is 43.9 Å². The number of benzene rings is 1. The lowest BCUT2D eigenvalue weighted by atomic mass is 9.31. The highest BCUT2D eigenvalue weighted by Crippen LogP contribution is 2.77. The first-order chi connectivity index (χ1) is 26.8. The molecule has 0 saturated heterocycles. The quantitative estimate of drug-likeness (QED) is 0.134. The van der Waals surface area contributed by atoms with E-state index in [4.69, 9.17) is 18.9 Å². The molecule has 0 unspecified atom stereocenters. The number of allylic oxidation sites excluding steroid dienone is 2. The average molecular weight is 792 g/mol. The average Bonchev–Trinajstić information content (AvgIpc) is 3.16. The smallest absolute Gasteiger partial charge is 0.312 e. The van der Waals surface area contributed by atoms with Gasteiger partial charge in [-0.2, -0.15) is 0 Å². The molecule has 2 N–H and O–H groups in total. The van der Waals surface area contributed by atoms with E-state index in [0.29, 0.717) is 52.3 Å². The molecule has 0 heterocycles. The van der Waals surface area contributed by atoms with Crippen molar-refractivity contribution >= 4 is 23.6 Å². The summed E-state index contributed by atoms with van der Waals surface area (Å²) in [7, 11) is 1.62. The van der Waals surface area contributed by atoms with Crippen LogP contribution in [0.4, 0.5) is 0 Å². The molecule has 57 heavy (non-hydrogen) atoms. The van der Waals surface area contributed by atoms with Crippen molar-refractivity contribution in [1.29, 1.82) is 0 Å². The van der Waals surface area contributed by atoms with Crippen LogP contribution in [0.2, 0.25) is 0 Å². The van der Waals surface area contributed by atoms with Gasteiger partial charge in [0.25, 0.3) is 0 Å². The number of carboxylic acids is 1. The monoisotopic (exact) mass is 791 g/mol. The second-order valence-corrected chi connectivity index (χ2v) is 20.2. The zero-order chi connectivity index (χ0) is 41.5. The maximum absolute atomic E-state index is 15.0. The number of carboxylic acid groups (broad SMARTS) is 1. The molecule has 10 heteroatoms. The van der Waals surface area contributed by atoms with E-state index < -0.39 is 27.6 Å². The van der Waals surface area contributed by atoms with Crippen LogP contribution in [0.5, 0.6) is 0 Å². The minimum atomic E-state index is -1.28. The van der Waals surface area contributed by atoms with Crippen molar-refractivity contribution in [3.05, 3.63) is 47.5 Å². The summed E-state index contributed by atoms with van der Waals surface area (Å²) in [5.41, 5.74) is -1.54. The molecule has 10 nitrogen and oxygen atoms in total. The van der Waals surface area contributed by atoms with Crippen molar-refractivity contribution in [1.82, 2.24) is 5.32 Å². The fourth-order valence-corrected chi connectivity index (χ4v) is 13.1. The molecule has 5 aliphatic rings. The van der Waals surface area contributed by atoms with E-state index in [-0.39, 0.29) is 71.2 Å². The summed E-state index contributed by atoms with van der Waals surface area (Å²) in [4.78, 5) is 55.7. The molecule has 316 valence electrons. The lowest BCUT2D eigenvalue weighted by molar-refractivity contribution is -0.217. The van der Waals surface area contributed by atoms with Gasteiger partial charge in [0, 0.05) is 26.0 Å². The third kappa shape index (κ3) is 7.43. The molecule has 0 bridgehead atoms. The normalized spacial score (nSPS) is 38.1. The molecule has 4 saturated carbocycles. The van der Waals surface area contributed by atoms with E-state index in [0.717, 1.165) is 44.1 Å². The zero-order valence-corrected chi connectivity index (χ0v) is 35.9. The van der Waals surface area contributed by atoms with E-state index >= 15 is 0 Å². The standard InChI is InChI=1S/C47H69NO9/c1-41(2)36-14-15-46(7)38(44(36,5)19-21-47(41,39(51)52)30-37(50)48-22-23-55-26-27-56-25-24-54-8)35(49)28-33-34-29-43(4,17-16-42(34,3)18-20-45(33,46)6)40(53)57-31-32-12-10-9-11-13-32/h9-13,28,34,36,38H,14-27,29-31H2,1-8H3,(H,48,50)(H,51,52)/t34-,36+,38+,42+,43-,44-,45+,46+,47+/m0/s1. The minimum absolute atomic E-state index is 0.00570. The predicted octanol–water partition coefficient (Wildman–Crippen LogP) is 7.97. The van der Waals surface area contributed by atoms with Crippen LogP contribution in [0.3, 0.4) is 0 Å². The maximum atomic E-state index is 15.0. The summed E-state index contributed by atoms with van der Waals surface area (Å²) in [5.74, 6) is -1.50. The molecule has 5 aliphatic carbocycles. The Morgan fingerprint density at radius 1 is 0.825 bits per heavy atom. The van der Waals surface area contributed by atoms with E-state index in [2.05, 4.69) is 39.9 Å². The Labute approximate surface area is 340 Å². The highest BCUT2D eigenvalue weighted by molar-refractivity contribution is 5.96. The largest absolute Gasteiger partial charge is 0.481 e. The molecular formula is C47H69NO9. The van der Waals surface area contributed by atoms with Gasteiger partial charge in [-0.05, 0) is 115 Å². The third-order valence-corrected chi connectivity index (χ3v) is 17.0. The Kier molecular flexibility index (Phi) is 12.3. The molecule has 1 aromatic rings. The lowest BCUT2D eigenvalue weighted by Gasteiger charge is -2.71. The molecule has 9 atom stereocenters. The van der Waals surface area contributed by atoms with Crippen LogP contribution >= 0.6 is 0 Å². The van der Waals surface area contributed by atoms with Gasteiger partial charge in [0.1, 0.15) is 6.61 Å².